The Hall–Kier alpha value is -2.03. The molecule has 0 bridgehead atoms. The molecule has 104 valence electrons. The summed E-state index contributed by atoms with van der Waals surface area (Å²) < 4.78 is 11.1. The Balaban J connectivity index is 2.04. The smallest absolute Gasteiger partial charge is 0.196 e. The molecule has 0 fully saturated rings. The van der Waals surface area contributed by atoms with Gasteiger partial charge in [-0.05, 0) is 38.1 Å². The first-order valence-corrected chi connectivity index (χ1v) is 6.77. The molecule has 2 aromatic rings. The molecule has 0 N–H and O–H groups in total. The van der Waals surface area contributed by atoms with Gasteiger partial charge in [-0.2, -0.15) is 0 Å². The van der Waals surface area contributed by atoms with Crippen molar-refractivity contribution in [1.82, 2.24) is 0 Å². The molecule has 0 saturated carbocycles. The van der Waals surface area contributed by atoms with Gasteiger partial charge in [0.15, 0.2) is 5.78 Å². The van der Waals surface area contributed by atoms with E-state index in [0.29, 0.717) is 23.5 Å². The van der Waals surface area contributed by atoms with Crippen molar-refractivity contribution in [2.45, 2.75) is 33.1 Å². The molecule has 1 aromatic carbocycles. The summed E-state index contributed by atoms with van der Waals surface area (Å²) in [6.45, 7) is 8.58. The number of carbonyl (C=O) groups is 1. The van der Waals surface area contributed by atoms with Gasteiger partial charge in [-0.15, -0.1) is 0 Å². The number of rotatable bonds is 2. The van der Waals surface area contributed by atoms with Gasteiger partial charge in [-0.25, -0.2) is 0 Å². The zero-order chi connectivity index (χ0) is 14.5. The monoisotopic (exact) mass is 270 g/mol. The molecule has 2 heterocycles. The average molecular weight is 270 g/mol. The Morgan fingerprint density at radius 1 is 1.20 bits per heavy atom. The molecule has 0 radical (unpaired) electrons. The van der Waals surface area contributed by atoms with Crippen LogP contribution in [0.1, 0.15) is 46.9 Å². The lowest BCUT2D eigenvalue weighted by Gasteiger charge is -2.15. The van der Waals surface area contributed by atoms with E-state index in [-0.39, 0.29) is 11.2 Å². The highest BCUT2D eigenvalue weighted by molar-refractivity contribution is 6.09. The fourth-order valence-electron chi connectivity index (χ4n) is 2.67. The second-order valence-corrected chi connectivity index (χ2v) is 6.04. The maximum Gasteiger partial charge on any atom is 0.196 e. The van der Waals surface area contributed by atoms with Crippen LogP contribution in [0.2, 0.25) is 0 Å². The predicted molar refractivity (Wildman–Crippen MR) is 76.6 cm³/mol. The summed E-state index contributed by atoms with van der Waals surface area (Å²) in [5, 5.41) is 0. The second-order valence-electron chi connectivity index (χ2n) is 6.04. The molecule has 3 nitrogen and oxygen atoms in total. The van der Waals surface area contributed by atoms with Crippen molar-refractivity contribution >= 4 is 5.78 Å². The summed E-state index contributed by atoms with van der Waals surface area (Å²) in [5.41, 5.74) is 2.37. The molecule has 0 saturated heterocycles. The maximum atomic E-state index is 12.6. The topological polar surface area (TPSA) is 39.4 Å². The van der Waals surface area contributed by atoms with E-state index in [0.717, 1.165) is 17.1 Å². The quantitative estimate of drug-likeness (QED) is 0.779. The molecular weight excluding hydrogens is 252 g/mol. The Morgan fingerprint density at radius 2 is 1.95 bits per heavy atom. The van der Waals surface area contributed by atoms with E-state index in [4.69, 9.17) is 9.15 Å². The number of aryl methyl sites for hydroxylation is 2. The molecule has 1 aliphatic rings. The van der Waals surface area contributed by atoms with Crippen LogP contribution >= 0.6 is 0 Å². The third kappa shape index (κ3) is 1.94. The number of benzene rings is 1. The maximum absolute atomic E-state index is 12.6. The minimum atomic E-state index is -0.0486. The zero-order valence-corrected chi connectivity index (χ0v) is 12.2. The fraction of sp³-hybridized carbons (Fsp3) is 0.353. The molecule has 0 spiro atoms. The molecule has 20 heavy (non-hydrogen) atoms. The van der Waals surface area contributed by atoms with E-state index in [2.05, 4.69) is 13.8 Å². The number of hydrogen-bond donors (Lipinski definition) is 0. The highest BCUT2D eigenvalue weighted by Gasteiger charge is 2.32. The van der Waals surface area contributed by atoms with Gasteiger partial charge in [0.2, 0.25) is 0 Å². The summed E-state index contributed by atoms with van der Waals surface area (Å²) in [5.74, 6) is 2.32. The molecule has 0 aliphatic carbocycles. The lowest BCUT2D eigenvalue weighted by molar-refractivity contribution is 0.103. The third-order valence-corrected chi connectivity index (χ3v) is 3.84. The first-order chi connectivity index (χ1) is 9.38. The van der Waals surface area contributed by atoms with Crippen molar-refractivity contribution in [2.75, 3.05) is 6.61 Å². The van der Waals surface area contributed by atoms with Gasteiger partial charge in [-0.1, -0.05) is 13.8 Å². The molecule has 1 aliphatic heterocycles. The summed E-state index contributed by atoms with van der Waals surface area (Å²) in [4.78, 5) is 12.6. The van der Waals surface area contributed by atoms with E-state index in [9.17, 15) is 4.79 Å². The van der Waals surface area contributed by atoms with Gasteiger partial charge >= 0.3 is 0 Å². The van der Waals surface area contributed by atoms with Crippen molar-refractivity contribution in [3.8, 4) is 5.75 Å². The molecule has 3 heteroatoms. The fourth-order valence-corrected chi connectivity index (χ4v) is 2.67. The largest absolute Gasteiger partial charge is 0.492 e. The predicted octanol–water partition coefficient (Wildman–Crippen LogP) is 3.80. The van der Waals surface area contributed by atoms with Crippen LogP contribution < -0.4 is 4.74 Å². The standard InChI is InChI=1S/C17H18O3/c1-10-7-13(11(2)20-10)16(18)12-5-6-15-14(8-12)17(3,4)9-19-15/h5-8H,9H2,1-4H3. The lowest BCUT2D eigenvalue weighted by Crippen LogP contribution is -2.18. The van der Waals surface area contributed by atoms with Crippen LogP contribution in [0, 0.1) is 13.8 Å². The SMILES string of the molecule is Cc1cc(C(=O)c2ccc3c(c2)C(C)(C)CO3)c(C)o1. The summed E-state index contributed by atoms with van der Waals surface area (Å²) in [7, 11) is 0. The van der Waals surface area contributed by atoms with E-state index in [1.807, 2.05) is 32.0 Å². The average Bonchev–Trinajstić information content (AvgIpc) is 2.88. The van der Waals surface area contributed by atoms with Gasteiger partial charge in [-0.3, -0.25) is 4.79 Å². The van der Waals surface area contributed by atoms with Crippen molar-refractivity contribution in [3.63, 3.8) is 0 Å². The van der Waals surface area contributed by atoms with Gasteiger partial charge in [0.1, 0.15) is 17.3 Å². The Morgan fingerprint density at radius 3 is 2.60 bits per heavy atom. The van der Waals surface area contributed by atoms with Crippen molar-refractivity contribution in [3.05, 3.63) is 52.5 Å². The lowest BCUT2D eigenvalue weighted by atomic mass is 9.85. The normalized spacial score (nSPS) is 15.8. The van der Waals surface area contributed by atoms with Crippen LogP contribution in [0.3, 0.4) is 0 Å². The van der Waals surface area contributed by atoms with Crippen LogP contribution in [-0.2, 0) is 5.41 Å². The number of carbonyl (C=O) groups excluding carboxylic acids is 1. The van der Waals surface area contributed by atoms with E-state index < -0.39 is 0 Å². The van der Waals surface area contributed by atoms with Crippen LogP contribution in [0.25, 0.3) is 0 Å². The van der Waals surface area contributed by atoms with Gasteiger partial charge in [0.25, 0.3) is 0 Å². The first-order valence-electron chi connectivity index (χ1n) is 6.77. The Bertz CT molecular complexity index is 692. The highest BCUT2D eigenvalue weighted by Crippen LogP contribution is 2.39. The molecule has 0 unspecified atom stereocenters. The van der Waals surface area contributed by atoms with Crippen LogP contribution in [0.5, 0.6) is 5.75 Å². The van der Waals surface area contributed by atoms with E-state index in [1.54, 1.807) is 6.07 Å². The number of furan rings is 1. The minimum Gasteiger partial charge on any atom is -0.492 e. The van der Waals surface area contributed by atoms with Crippen LogP contribution in [-0.4, -0.2) is 12.4 Å². The molecule has 3 rings (SSSR count). The number of hydrogen-bond acceptors (Lipinski definition) is 3. The third-order valence-electron chi connectivity index (χ3n) is 3.84. The van der Waals surface area contributed by atoms with Gasteiger partial charge in [0, 0.05) is 16.5 Å². The second kappa shape index (κ2) is 4.23. The molecular formula is C17H18O3. The van der Waals surface area contributed by atoms with E-state index >= 15 is 0 Å². The summed E-state index contributed by atoms with van der Waals surface area (Å²) in [6.07, 6.45) is 0. The Labute approximate surface area is 118 Å². The first kappa shape index (κ1) is 13.0. The highest BCUT2D eigenvalue weighted by atomic mass is 16.5. The Kier molecular flexibility index (Phi) is 2.75. The van der Waals surface area contributed by atoms with Crippen molar-refractivity contribution in [2.24, 2.45) is 0 Å². The summed E-state index contributed by atoms with van der Waals surface area (Å²) >= 11 is 0. The van der Waals surface area contributed by atoms with Crippen LogP contribution in [0.15, 0.2) is 28.7 Å². The van der Waals surface area contributed by atoms with E-state index in [1.165, 1.54) is 0 Å². The van der Waals surface area contributed by atoms with Crippen molar-refractivity contribution < 1.29 is 13.9 Å². The minimum absolute atomic E-state index is 0.00449. The zero-order valence-electron chi connectivity index (χ0n) is 12.2. The van der Waals surface area contributed by atoms with Gasteiger partial charge in [0.05, 0.1) is 12.2 Å². The van der Waals surface area contributed by atoms with Gasteiger partial charge < -0.3 is 9.15 Å². The van der Waals surface area contributed by atoms with Crippen LogP contribution in [0.4, 0.5) is 0 Å². The number of ether oxygens (including phenoxy) is 1. The number of ketones is 1. The molecule has 1 aromatic heterocycles. The molecule has 0 atom stereocenters. The number of fused-ring (bicyclic) bond motifs is 1. The summed E-state index contributed by atoms with van der Waals surface area (Å²) in [6, 6.07) is 7.46. The van der Waals surface area contributed by atoms with Crippen molar-refractivity contribution in [1.29, 1.82) is 0 Å². The molecule has 0 amide bonds.